The summed E-state index contributed by atoms with van der Waals surface area (Å²) >= 11 is 5.69. The number of hydrogen-bond donors (Lipinski definition) is 2. The second-order valence-electron chi connectivity index (χ2n) is 5.91. The van der Waals surface area contributed by atoms with Crippen molar-refractivity contribution in [2.24, 2.45) is 0 Å². The third-order valence-corrected chi connectivity index (χ3v) is 4.09. The minimum atomic E-state index is -0.956. The number of nitro benzene ring substituents is 1. The molecule has 3 rings (SSSR count). The summed E-state index contributed by atoms with van der Waals surface area (Å²) in [5.74, 6) is -1.71. The molecular formula is C18H15ClN2O8. The molecule has 0 radical (unpaired) electrons. The van der Waals surface area contributed by atoms with E-state index in [4.69, 9.17) is 25.8 Å². The van der Waals surface area contributed by atoms with E-state index in [0.29, 0.717) is 19.6 Å². The number of anilines is 1. The molecule has 1 aliphatic heterocycles. The third kappa shape index (κ3) is 4.85. The summed E-state index contributed by atoms with van der Waals surface area (Å²) in [6, 6.07) is 6.21. The van der Waals surface area contributed by atoms with Gasteiger partial charge in [-0.05, 0) is 18.2 Å². The van der Waals surface area contributed by atoms with Gasteiger partial charge in [-0.1, -0.05) is 11.6 Å². The van der Waals surface area contributed by atoms with Gasteiger partial charge in [0.1, 0.15) is 17.0 Å². The molecule has 11 heteroatoms. The summed E-state index contributed by atoms with van der Waals surface area (Å²) < 4.78 is 15.7. The number of amides is 1. The number of benzene rings is 2. The maximum absolute atomic E-state index is 12.1. The van der Waals surface area contributed by atoms with Crippen LogP contribution in [0.1, 0.15) is 16.8 Å². The number of aromatic hydroxyl groups is 1. The number of ether oxygens (including phenoxy) is 3. The Kier molecular flexibility index (Phi) is 6.03. The number of nitro groups is 1. The predicted octanol–water partition coefficient (Wildman–Crippen LogP) is 2.91. The van der Waals surface area contributed by atoms with E-state index in [1.165, 1.54) is 18.2 Å². The van der Waals surface area contributed by atoms with Crippen LogP contribution in [-0.2, 0) is 9.53 Å². The minimum Gasteiger partial charge on any atom is -0.507 e. The summed E-state index contributed by atoms with van der Waals surface area (Å²) in [5, 5.41) is 23.6. The fraction of sp³-hybridized carbons (Fsp3) is 0.222. The molecule has 1 heterocycles. The summed E-state index contributed by atoms with van der Waals surface area (Å²) in [4.78, 5) is 34.8. The van der Waals surface area contributed by atoms with Crippen LogP contribution < -0.4 is 14.8 Å². The third-order valence-electron chi connectivity index (χ3n) is 3.85. The van der Waals surface area contributed by atoms with Gasteiger partial charge >= 0.3 is 5.97 Å². The number of hydrogen-bond acceptors (Lipinski definition) is 8. The quantitative estimate of drug-likeness (QED) is 0.426. The zero-order valence-electron chi connectivity index (χ0n) is 14.8. The first kappa shape index (κ1) is 20.2. The largest absolute Gasteiger partial charge is 0.507 e. The smallest absolute Gasteiger partial charge is 0.342 e. The Balaban J connectivity index is 1.70. The number of nitrogens with one attached hydrogen (secondary N) is 1. The Labute approximate surface area is 169 Å². The number of phenols is 1. The number of esters is 1. The molecule has 1 amide bonds. The molecule has 0 aromatic heterocycles. The van der Waals surface area contributed by atoms with Gasteiger partial charge < -0.3 is 24.6 Å². The van der Waals surface area contributed by atoms with Gasteiger partial charge in [-0.25, -0.2) is 4.79 Å². The molecule has 0 saturated carbocycles. The first-order valence-corrected chi connectivity index (χ1v) is 8.76. The van der Waals surface area contributed by atoms with E-state index in [1.807, 2.05) is 0 Å². The molecule has 1 aliphatic rings. The standard InChI is InChI=1S/C18H15ClN2O8/c19-10-2-3-11(14(22)6-10)18(24)29-9-17(23)20-12-7-15-16(8-13(12)21(25)26)28-5-1-4-27-15/h2-3,6-8,22H,1,4-5,9H2,(H,20,23). The van der Waals surface area contributed by atoms with Crippen molar-refractivity contribution in [1.29, 1.82) is 0 Å². The first-order valence-electron chi connectivity index (χ1n) is 8.38. The average Bonchev–Trinajstić information content (AvgIpc) is 2.90. The van der Waals surface area contributed by atoms with Crippen LogP contribution in [0.15, 0.2) is 30.3 Å². The number of fused-ring (bicyclic) bond motifs is 1. The molecule has 0 unspecified atom stereocenters. The highest BCUT2D eigenvalue weighted by Gasteiger charge is 2.23. The van der Waals surface area contributed by atoms with E-state index in [9.17, 15) is 24.8 Å². The molecule has 0 bridgehead atoms. The Morgan fingerprint density at radius 1 is 1.21 bits per heavy atom. The second-order valence-corrected chi connectivity index (χ2v) is 6.35. The van der Waals surface area contributed by atoms with Crippen molar-refractivity contribution in [3.63, 3.8) is 0 Å². The van der Waals surface area contributed by atoms with Crippen LogP contribution in [0.5, 0.6) is 17.2 Å². The highest BCUT2D eigenvalue weighted by atomic mass is 35.5. The molecular weight excluding hydrogens is 408 g/mol. The summed E-state index contributed by atoms with van der Waals surface area (Å²) in [6.07, 6.45) is 0.609. The predicted molar refractivity (Wildman–Crippen MR) is 101 cm³/mol. The van der Waals surface area contributed by atoms with E-state index < -0.39 is 34.8 Å². The Bertz CT molecular complexity index is 979. The van der Waals surface area contributed by atoms with Gasteiger partial charge in [-0.15, -0.1) is 0 Å². The fourth-order valence-corrected chi connectivity index (χ4v) is 2.69. The molecule has 2 aromatic rings. The zero-order valence-corrected chi connectivity index (χ0v) is 15.6. The van der Waals surface area contributed by atoms with Crippen LogP contribution in [0.2, 0.25) is 5.02 Å². The lowest BCUT2D eigenvalue weighted by Gasteiger charge is -2.11. The summed E-state index contributed by atoms with van der Waals surface area (Å²) in [6.45, 7) is -0.0176. The highest BCUT2D eigenvalue weighted by molar-refractivity contribution is 6.30. The van der Waals surface area contributed by atoms with Gasteiger partial charge in [0.15, 0.2) is 18.1 Å². The normalized spacial score (nSPS) is 12.6. The van der Waals surface area contributed by atoms with Gasteiger partial charge in [0.2, 0.25) is 0 Å². The van der Waals surface area contributed by atoms with Crippen LogP contribution in [0.25, 0.3) is 0 Å². The molecule has 0 aliphatic carbocycles. The Hall–Kier alpha value is -3.53. The minimum absolute atomic E-state index is 0.130. The van der Waals surface area contributed by atoms with Gasteiger partial charge in [-0.2, -0.15) is 0 Å². The lowest BCUT2D eigenvalue weighted by molar-refractivity contribution is -0.384. The van der Waals surface area contributed by atoms with Crippen molar-refractivity contribution in [3.05, 3.63) is 51.0 Å². The molecule has 152 valence electrons. The zero-order chi connectivity index (χ0) is 21.0. The van der Waals surface area contributed by atoms with Crippen molar-refractivity contribution in [1.82, 2.24) is 0 Å². The van der Waals surface area contributed by atoms with E-state index in [2.05, 4.69) is 5.32 Å². The molecule has 29 heavy (non-hydrogen) atoms. The summed E-state index contributed by atoms with van der Waals surface area (Å²) in [7, 11) is 0. The van der Waals surface area contributed by atoms with Crippen molar-refractivity contribution in [3.8, 4) is 17.2 Å². The van der Waals surface area contributed by atoms with Crippen molar-refractivity contribution >= 4 is 34.9 Å². The van der Waals surface area contributed by atoms with Gasteiger partial charge in [0.05, 0.1) is 24.2 Å². The van der Waals surface area contributed by atoms with Crippen LogP contribution in [0, 0.1) is 10.1 Å². The number of phenolic OH excluding ortho intramolecular Hbond substituents is 1. The van der Waals surface area contributed by atoms with Crippen LogP contribution in [-0.4, -0.2) is 41.7 Å². The van der Waals surface area contributed by atoms with E-state index in [-0.39, 0.29) is 27.8 Å². The number of carbonyl (C=O) groups excluding carboxylic acids is 2. The van der Waals surface area contributed by atoms with Crippen molar-refractivity contribution < 1.29 is 33.8 Å². The Morgan fingerprint density at radius 3 is 2.55 bits per heavy atom. The first-order chi connectivity index (χ1) is 13.8. The molecule has 10 nitrogen and oxygen atoms in total. The lowest BCUT2D eigenvalue weighted by Crippen LogP contribution is -2.21. The van der Waals surface area contributed by atoms with Crippen LogP contribution in [0.3, 0.4) is 0 Å². The number of nitrogens with zero attached hydrogens (tertiary/aromatic N) is 1. The van der Waals surface area contributed by atoms with Crippen molar-refractivity contribution in [2.75, 3.05) is 25.1 Å². The topological polar surface area (TPSA) is 137 Å². The molecule has 0 saturated heterocycles. The lowest BCUT2D eigenvalue weighted by atomic mass is 10.2. The van der Waals surface area contributed by atoms with Gasteiger partial charge in [0.25, 0.3) is 11.6 Å². The van der Waals surface area contributed by atoms with E-state index in [0.717, 1.165) is 12.1 Å². The number of rotatable bonds is 5. The Morgan fingerprint density at radius 2 is 1.90 bits per heavy atom. The van der Waals surface area contributed by atoms with E-state index >= 15 is 0 Å². The molecule has 0 spiro atoms. The van der Waals surface area contributed by atoms with Crippen LogP contribution in [0.4, 0.5) is 11.4 Å². The molecule has 2 aromatic carbocycles. The average molecular weight is 423 g/mol. The maximum atomic E-state index is 12.1. The number of carbonyl (C=O) groups is 2. The van der Waals surface area contributed by atoms with Crippen molar-refractivity contribution in [2.45, 2.75) is 6.42 Å². The maximum Gasteiger partial charge on any atom is 0.342 e. The van der Waals surface area contributed by atoms with Gasteiger partial charge in [-0.3, -0.25) is 14.9 Å². The number of halogens is 1. The van der Waals surface area contributed by atoms with Crippen LogP contribution >= 0.6 is 11.6 Å². The molecule has 2 N–H and O–H groups in total. The summed E-state index contributed by atoms with van der Waals surface area (Å²) in [5.41, 5.74) is -0.706. The molecule has 0 fully saturated rings. The molecule has 0 atom stereocenters. The highest BCUT2D eigenvalue weighted by Crippen LogP contribution is 2.39. The van der Waals surface area contributed by atoms with Gasteiger partial charge in [0, 0.05) is 17.5 Å². The SMILES string of the molecule is O=C(COC(=O)c1ccc(Cl)cc1O)Nc1cc2c(cc1[N+](=O)[O-])OCCCO2. The fourth-order valence-electron chi connectivity index (χ4n) is 2.52. The monoisotopic (exact) mass is 422 g/mol. The van der Waals surface area contributed by atoms with E-state index in [1.54, 1.807) is 0 Å². The second kappa shape index (κ2) is 8.65.